The molecule has 0 aliphatic carbocycles. The van der Waals surface area contributed by atoms with Crippen LogP contribution in [0, 0.1) is 18.6 Å². The highest BCUT2D eigenvalue weighted by atomic mass is 19.1. The molecule has 0 unspecified atom stereocenters. The minimum absolute atomic E-state index is 0.270. The van der Waals surface area contributed by atoms with Gasteiger partial charge in [0.05, 0.1) is 0 Å². The quantitative estimate of drug-likeness (QED) is 0.875. The third-order valence-electron chi connectivity index (χ3n) is 3.08. The van der Waals surface area contributed by atoms with Crippen LogP contribution < -0.4 is 5.32 Å². The Balaban J connectivity index is 2.39. The normalized spacial score (nSPS) is 10.7. The van der Waals surface area contributed by atoms with E-state index in [-0.39, 0.29) is 11.6 Å². The fourth-order valence-electron chi connectivity index (χ4n) is 1.99. The molecule has 0 saturated carbocycles. The molecule has 100 valence electrons. The van der Waals surface area contributed by atoms with Crippen LogP contribution in [-0.4, -0.2) is 6.54 Å². The maximum Gasteiger partial charge on any atom is 0.131 e. The van der Waals surface area contributed by atoms with Crippen molar-refractivity contribution in [1.29, 1.82) is 0 Å². The minimum atomic E-state index is -0.286. The first kappa shape index (κ1) is 13.7. The lowest BCUT2D eigenvalue weighted by molar-refractivity contribution is 0.617. The van der Waals surface area contributed by atoms with Crippen LogP contribution in [0.2, 0.25) is 0 Å². The summed E-state index contributed by atoms with van der Waals surface area (Å²) in [5.74, 6) is -0.556. The zero-order valence-corrected chi connectivity index (χ0v) is 11.1. The Labute approximate surface area is 112 Å². The van der Waals surface area contributed by atoms with Gasteiger partial charge in [0.1, 0.15) is 11.6 Å². The molecule has 0 amide bonds. The van der Waals surface area contributed by atoms with Crippen LogP contribution in [0.25, 0.3) is 11.1 Å². The first-order valence-electron chi connectivity index (χ1n) is 6.37. The highest BCUT2D eigenvalue weighted by Gasteiger charge is 2.08. The third kappa shape index (κ3) is 3.18. The summed E-state index contributed by atoms with van der Waals surface area (Å²) in [5.41, 5.74) is 2.75. The summed E-state index contributed by atoms with van der Waals surface area (Å²) in [6, 6.07) is 9.69. The highest BCUT2D eigenvalue weighted by Crippen LogP contribution is 2.25. The molecule has 0 atom stereocenters. The van der Waals surface area contributed by atoms with Crippen LogP contribution >= 0.6 is 0 Å². The molecule has 1 nitrogen and oxygen atoms in total. The lowest BCUT2D eigenvalue weighted by Gasteiger charge is -2.09. The zero-order chi connectivity index (χ0) is 13.8. The second kappa shape index (κ2) is 5.93. The maximum absolute atomic E-state index is 13.9. The molecule has 2 aromatic carbocycles. The van der Waals surface area contributed by atoms with Gasteiger partial charge in [-0.05, 0) is 54.4 Å². The summed E-state index contributed by atoms with van der Waals surface area (Å²) in [4.78, 5) is 0. The first-order valence-corrected chi connectivity index (χ1v) is 6.37. The standard InChI is InChI=1S/C16H17F2N/c1-3-19-10-12-4-6-16(18)14(9-12)13-5-7-15(17)11(2)8-13/h4-9,19H,3,10H2,1-2H3. The molecule has 0 radical (unpaired) electrons. The lowest BCUT2D eigenvalue weighted by Crippen LogP contribution is -2.11. The van der Waals surface area contributed by atoms with Gasteiger partial charge in [0.15, 0.2) is 0 Å². The molecule has 2 rings (SSSR count). The monoisotopic (exact) mass is 261 g/mol. The van der Waals surface area contributed by atoms with E-state index in [9.17, 15) is 8.78 Å². The number of hydrogen-bond acceptors (Lipinski definition) is 1. The smallest absolute Gasteiger partial charge is 0.131 e. The molecule has 19 heavy (non-hydrogen) atoms. The maximum atomic E-state index is 13.9. The van der Waals surface area contributed by atoms with Gasteiger partial charge in [-0.1, -0.05) is 19.1 Å². The molecule has 0 aliphatic heterocycles. The van der Waals surface area contributed by atoms with Crippen molar-refractivity contribution in [3.63, 3.8) is 0 Å². The fraction of sp³-hybridized carbons (Fsp3) is 0.250. The summed E-state index contributed by atoms with van der Waals surface area (Å²) in [6.07, 6.45) is 0. The van der Waals surface area contributed by atoms with Crippen molar-refractivity contribution in [2.45, 2.75) is 20.4 Å². The summed E-state index contributed by atoms with van der Waals surface area (Å²) < 4.78 is 27.2. The van der Waals surface area contributed by atoms with Crippen molar-refractivity contribution in [2.75, 3.05) is 6.54 Å². The molecule has 0 bridgehead atoms. The Morgan fingerprint density at radius 1 is 1.00 bits per heavy atom. The largest absolute Gasteiger partial charge is 0.313 e. The fourth-order valence-corrected chi connectivity index (χ4v) is 1.99. The lowest BCUT2D eigenvalue weighted by atomic mass is 10.0. The Kier molecular flexibility index (Phi) is 4.27. The second-order valence-corrected chi connectivity index (χ2v) is 4.56. The van der Waals surface area contributed by atoms with E-state index in [1.54, 1.807) is 25.1 Å². The summed E-state index contributed by atoms with van der Waals surface area (Å²) >= 11 is 0. The number of nitrogens with one attached hydrogen (secondary N) is 1. The zero-order valence-electron chi connectivity index (χ0n) is 11.1. The molecule has 0 saturated heterocycles. The molecule has 0 heterocycles. The minimum Gasteiger partial charge on any atom is -0.313 e. The van der Waals surface area contributed by atoms with Crippen molar-refractivity contribution in [1.82, 2.24) is 5.32 Å². The van der Waals surface area contributed by atoms with Gasteiger partial charge < -0.3 is 5.32 Å². The van der Waals surface area contributed by atoms with Crippen LogP contribution in [0.5, 0.6) is 0 Å². The predicted molar refractivity (Wildman–Crippen MR) is 73.9 cm³/mol. The summed E-state index contributed by atoms with van der Waals surface area (Å²) in [7, 11) is 0. The van der Waals surface area contributed by atoms with Gasteiger partial charge >= 0.3 is 0 Å². The van der Waals surface area contributed by atoms with Gasteiger partial charge in [0.25, 0.3) is 0 Å². The molecule has 3 heteroatoms. The third-order valence-corrected chi connectivity index (χ3v) is 3.08. The SMILES string of the molecule is CCNCc1ccc(F)c(-c2ccc(F)c(C)c2)c1. The van der Waals surface area contributed by atoms with Crippen LogP contribution in [-0.2, 0) is 6.54 Å². The molecule has 0 fully saturated rings. The van der Waals surface area contributed by atoms with Crippen LogP contribution in [0.3, 0.4) is 0 Å². The van der Waals surface area contributed by atoms with Crippen LogP contribution in [0.4, 0.5) is 8.78 Å². The van der Waals surface area contributed by atoms with Crippen molar-refractivity contribution in [3.8, 4) is 11.1 Å². The van der Waals surface area contributed by atoms with Crippen molar-refractivity contribution in [3.05, 3.63) is 59.2 Å². The summed E-state index contributed by atoms with van der Waals surface area (Å²) in [5, 5.41) is 3.20. The van der Waals surface area contributed by atoms with Crippen LogP contribution in [0.15, 0.2) is 36.4 Å². The molecule has 0 aromatic heterocycles. The van der Waals surface area contributed by atoms with Gasteiger partial charge in [-0.3, -0.25) is 0 Å². The van der Waals surface area contributed by atoms with E-state index in [4.69, 9.17) is 0 Å². The van der Waals surface area contributed by atoms with Crippen molar-refractivity contribution in [2.24, 2.45) is 0 Å². The van der Waals surface area contributed by atoms with E-state index >= 15 is 0 Å². The van der Waals surface area contributed by atoms with Gasteiger partial charge in [-0.15, -0.1) is 0 Å². The van der Waals surface area contributed by atoms with Gasteiger partial charge in [-0.25, -0.2) is 8.78 Å². The highest BCUT2D eigenvalue weighted by molar-refractivity contribution is 5.65. The van der Waals surface area contributed by atoms with Crippen molar-refractivity contribution < 1.29 is 8.78 Å². The average molecular weight is 261 g/mol. The second-order valence-electron chi connectivity index (χ2n) is 4.56. The van der Waals surface area contributed by atoms with Crippen molar-refractivity contribution >= 4 is 0 Å². The summed E-state index contributed by atoms with van der Waals surface area (Å²) in [6.45, 7) is 5.26. The van der Waals surface area contributed by atoms with E-state index < -0.39 is 0 Å². The van der Waals surface area contributed by atoms with E-state index in [0.717, 1.165) is 12.1 Å². The number of aryl methyl sites for hydroxylation is 1. The molecule has 2 aromatic rings. The number of benzene rings is 2. The van der Waals surface area contributed by atoms with Gasteiger partial charge in [-0.2, -0.15) is 0 Å². The number of halogens is 2. The molecule has 0 spiro atoms. The number of rotatable bonds is 4. The van der Waals surface area contributed by atoms with E-state index in [1.165, 1.54) is 12.1 Å². The van der Waals surface area contributed by atoms with Gasteiger partial charge in [0, 0.05) is 12.1 Å². The molecular weight excluding hydrogens is 244 g/mol. The van der Waals surface area contributed by atoms with E-state index in [2.05, 4.69) is 5.32 Å². The van der Waals surface area contributed by atoms with E-state index in [1.807, 2.05) is 13.0 Å². The Morgan fingerprint density at radius 2 is 1.74 bits per heavy atom. The van der Waals surface area contributed by atoms with E-state index in [0.29, 0.717) is 23.2 Å². The van der Waals surface area contributed by atoms with Gasteiger partial charge in [0.2, 0.25) is 0 Å². The Hall–Kier alpha value is -1.74. The average Bonchev–Trinajstić information content (AvgIpc) is 2.41. The molecule has 0 aliphatic rings. The molecular formula is C16H17F2N. The Bertz CT molecular complexity index is 579. The topological polar surface area (TPSA) is 12.0 Å². The number of hydrogen-bond donors (Lipinski definition) is 1. The van der Waals surface area contributed by atoms with Crippen LogP contribution in [0.1, 0.15) is 18.1 Å². The predicted octanol–water partition coefficient (Wildman–Crippen LogP) is 4.05. The Morgan fingerprint density at radius 3 is 2.42 bits per heavy atom. The first-order chi connectivity index (χ1) is 9.11. The molecule has 1 N–H and O–H groups in total.